The fourth-order valence-corrected chi connectivity index (χ4v) is 2.97. The SMILES string of the molecule is CCCSCC(=O)N1CCCCC1C(C)N. The summed E-state index contributed by atoms with van der Waals surface area (Å²) in [7, 11) is 0. The van der Waals surface area contributed by atoms with Crippen molar-refractivity contribution in [2.75, 3.05) is 18.1 Å². The Morgan fingerprint density at radius 3 is 2.94 bits per heavy atom. The Hall–Kier alpha value is -0.220. The molecule has 0 spiro atoms. The third-order valence-electron chi connectivity index (χ3n) is 3.05. The van der Waals surface area contributed by atoms with Crippen LogP contribution in [0.25, 0.3) is 0 Å². The fraction of sp³-hybridized carbons (Fsp3) is 0.917. The smallest absolute Gasteiger partial charge is 0.232 e. The van der Waals surface area contributed by atoms with Crippen LogP contribution in [-0.4, -0.2) is 40.9 Å². The Kier molecular flexibility index (Phi) is 6.21. The Morgan fingerprint density at radius 1 is 1.56 bits per heavy atom. The topological polar surface area (TPSA) is 46.3 Å². The summed E-state index contributed by atoms with van der Waals surface area (Å²) >= 11 is 1.74. The van der Waals surface area contributed by atoms with E-state index in [1.54, 1.807) is 11.8 Å². The van der Waals surface area contributed by atoms with Gasteiger partial charge >= 0.3 is 0 Å². The molecule has 94 valence electrons. The van der Waals surface area contributed by atoms with E-state index in [2.05, 4.69) is 6.92 Å². The van der Waals surface area contributed by atoms with Gasteiger partial charge in [-0.25, -0.2) is 0 Å². The molecule has 0 aliphatic carbocycles. The van der Waals surface area contributed by atoms with Gasteiger partial charge in [-0.15, -0.1) is 0 Å². The highest BCUT2D eigenvalue weighted by Gasteiger charge is 2.28. The average molecular weight is 244 g/mol. The van der Waals surface area contributed by atoms with E-state index in [9.17, 15) is 4.79 Å². The highest BCUT2D eigenvalue weighted by atomic mass is 32.2. The predicted molar refractivity (Wildman–Crippen MR) is 70.6 cm³/mol. The summed E-state index contributed by atoms with van der Waals surface area (Å²) in [5.74, 6) is 1.97. The number of hydrogen-bond donors (Lipinski definition) is 1. The van der Waals surface area contributed by atoms with Crippen molar-refractivity contribution in [3.8, 4) is 0 Å². The standard InChI is InChI=1S/C12H24N2OS/c1-3-8-16-9-12(15)14-7-5-4-6-11(14)10(2)13/h10-11H,3-9,13H2,1-2H3. The van der Waals surface area contributed by atoms with Crippen molar-refractivity contribution >= 4 is 17.7 Å². The molecule has 0 aromatic rings. The molecule has 1 heterocycles. The van der Waals surface area contributed by atoms with Crippen molar-refractivity contribution < 1.29 is 4.79 Å². The van der Waals surface area contributed by atoms with Gasteiger partial charge in [0.2, 0.25) is 5.91 Å². The molecule has 2 unspecified atom stereocenters. The van der Waals surface area contributed by atoms with E-state index in [0.29, 0.717) is 5.75 Å². The molecule has 1 aliphatic rings. The summed E-state index contributed by atoms with van der Waals surface area (Å²) in [6.07, 6.45) is 4.54. The first-order chi connectivity index (χ1) is 7.66. The molecule has 1 amide bonds. The van der Waals surface area contributed by atoms with Crippen LogP contribution in [0.3, 0.4) is 0 Å². The van der Waals surface area contributed by atoms with Crippen molar-refractivity contribution in [3.63, 3.8) is 0 Å². The summed E-state index contributed by atoms with van der Waals surface area (Å²) in [6.45, 7) is 5.05. The second kappa shape index (κ2) is 7.17. The zero-order valence-corrected chi connectivity index (χ0v) is 11.3. The molecule has 4 heteroatoms. The largest absolute Gasteiger partial charge is 0.337 e. The number of hydrogen-bond acceptors (Lipinski definition) is 3. The Labute approximate surface area is 103 Å². The van der Waals surface area contributed by atoms with E-state index in [0.717, 1.165) is 31.6 Å². The van der Waals surface area contributed by atoms with Crippen LogP contribution in [0.2, 0.25) is 0 Å². The first kappa shape index (κ1) is 13.8. The number of nitrogens with zero attached hydrogens (tertiary/aromatic N) is 1. The summed E-state index contributed by atoms with van der Waals surface area (Å²) < 4.78 is 0. The number of carbonyl (C=O) groups excluding carboxylic acids is 1. The molecule has 0 aromatic carbocycles. The zero-order chi connectivity index (χ0) is 12.0. The third-order valence-corrected chi connectivity index (χ3v) is 4.20. The maximum Gasteiger partial charge on any atom is 0.232 e. The average Bonchev–Trinajstić information content (AvgIpc) is 2.29. The second-order valence-electron chi connectivity index (χ2n) is 4.56. The van der Waals surface area contributed by atoms with Gasteiger partial charge in [0.1, 0.15) is 0 Å². The molecule has 1 aliphatic heterocycles. The molecule has 3 nitrogen and oxygen atoms in total. The van der Waals surface area contributed by atoms with Crippen LogP contribution in [0.4, 0.5) is 0 Å². The van der Waals surface area contributed by atoms with E-state index in [1.165, 1.54) is 6.42 Å². The van der Waals surface area contributed by atoms with E-state index >= 15 is 0 Å². The first-order valence-corrected chi connectivity index (χ1v) is 7.45. The number of carbonyl (C=O) groups is 1. The molecule has 1 fully saturated rings. The normalized spacial score (nSPS) is 23.2. The van der Waals surface area contributed by atoms with Gasteiger partial charge in [0, 0.05) is 18.6 Å². The van der Waals surface area contributed by atoms with Crippen LogP contribution in [0.1, 0.15) is 39.5 Å². The molecule has 0 bridgehead atoms. The van der Waals surface area contributed by atoms with E-state index in [4.69, 9.17) is 5.73 Å². The highest BCUT2D eigenvalue weighted by Crippen LogP contribution is 2.20. The van der Waals surface area contributed by atoms with Crippen LogP contribution < -0.4 is 5.73 Å². The number of rotatable bonds is 5. The molecule has 1 saturated heterocycles. The van der Waals surface area contributed by atoms with Gasteiger partial charge in [0.05, 0.1) is 5.75 Å². The van der Waals surface area contributed by atoms with Gasteiger partial charge in [-0.3, -0.25) is 4.79 Å². The third kappa shape index (κ3) is 3.98. The number of thioether (sulfide) groups is 1. The summed E-state index contributed by atoms with van der Waals surface area (Å²) in [4.78, 5) is 14.0. The first-order valence-electron chi connectivity index (χ1n) is 6.29. The van der Waals surface area contributed by atoms with Crippen LogP contribution >= 0.6 is 11.8 Å². The maximum absolute atomic E-state index is 12.0. The minimum absolute atomic E-state index is 0.0976. The zero-order valence-electron chi connectivity index (χ0n) is 10.4. The molecule has 2 atom stereocenters. The van der Waals surface area contributed by atoms with Crippen molar-refractivity contribution in [3.05, 3.63) is 0 Å². The van der Waals surface area contributed by atoms with Crippen molar-refractivity contribution in [2.24, 2.45) is 5.73 Å². The lowest BCUT2D eigenvalue weighted by Crippen LogP contribution is -2.52. The van der Waals surface area contributed by atoms with Crippen molar-refractivity contribution in [2.45, 2.75) is 51.6 Å². The molecular weight excluding hydrogens is 220 g/mol. The molecule has 0 aromatic heterocycles. The van der Waals surface area contributed by atoms with Crippen LogP contribution in [0.15, 0.2) is 0 Å². The van der Waals surface area contributed by atoms with E-state index < -0.39 is 0 Å². The molecule has 0 radical (unpaired) electrons. The van der Waals surface area contributed by atoms with Crippen molar-refractivity contribution in [1.82, 2.24) is 4.90 Å². The fourth-order valence-electron chi connectivity index (χ4n) is 2.20. The van der Waals surface area contributed by atoms with Crippen LogP contribution in [0.5, 0.6) is 0 Å². The lowest BCUT2D eigenvalue weighted by molar-refractivity contribution is -0.132. The van der Waals surface area contributed by atoms with Gasteiger partial charge in [-0.1, -0.05) is 6.92 Å². The van der Waals surface area contributed by atoms with Gasteiger partial charge in [0.25, 0.3) is 0 Å². The number of piperidine rings is 1. The summed E-state index contributed by atoms with van der Waals surface area (Å²) in [5, 5.41) is 0. The molecular formula is C12H24N2OS. The quantitative estimate of drug-likeness (QED) is 0.751. The van der Waals surface area contributed by atoms with Gasteiger partial charge in [0.15, 0.2) is 0 Å². The Bertz CT molecular complexity index is 221. The molecule has 1 rings (SSSR count). The van der Waals surface area contributed by atoms with E-state index in [-0.39, 0.29) is 18.0 Å². The Balaban J connectivity index is 2.44. The molecule has 16 heavy (non-hydrogen) atoms. The highest BCUT2D eigenvalue weighted by molar-refractivity contribution is 7.99. The molecule has 0 saturated carbocycles. The minimum atomic E-state index is 0.0976. The minimum Gasteiger partial charge on any atom is -0.337 e. The van der Waals surface area contributed by atoms with Crippen LogP contribution in [-0.2, 0) is 4.79 Å². The van der Waals surface area contributed by atoms with Gasteiger partial charge in [-0.2, -0.15) is 11.8 Å². The monoisotopic (exact) mass is 244 g/mol. The maximum atomic E-state index is 12.0. The van der Waals surface area contributed by atoms with E-state index in [1.807, 2.05) is 11.8 Å². The van der Waals surface area contributed by atoms with Gasteiger partial charge in [-0.05, 0) is 38.4 Å². The van der Waals surface area contributed by atoms with Crippen molar-refractivity contribution in [1.29, 1.82) is 0 Å². The van der Waals surface area contributed by atoms with Crippen LogP contribution in [0, 0.1) is 0 Å². The number of likely N-dealkylation sites (tertiary alicyclic amines) is 1. The molecule has 2 N–H and O–H groups in total. The predicted octanol–water partition coefficient (Wildman–Crippen LogP) is 1.86. The van der Waals surface area contributed by atoms with Gasteiger partial charge < -0.3 is 10.6 Å². The lowest BCUT2D eigenvalue weighted by Gasteiger charge is -2.38. The summed E-state index contributed by atoms with van der Waals surface area (Å²) in [5.41, 5.74) is 5.95. The summed E-state index contributed by atoms with van der Waals surface area (Å²) in [6, 6.07) is 0.365. The second-order valence-corrected chi connectivity index (χ2v) is 5.67. The number of nitrogens with two attached hydrogens (primary N) is 1. The lowest BCUT2D eigenvalue weighted by atomic mass is 9.97. The number of amides is 1. The Morgan fingerprint density at radius 2 is 2.31 bits per heavy atom.